The molecule has 0 bridgehead atoms. The minimum absolute atomic E-state index is 0.0236. The zero-order chi connectivity index (χ0) is 14.7. The van der Waals surface area contributed by atoms with Gasteiger partial charge < -0.3 is 4.74 Å². The first-order valence-electron chi connectivity index (χ1n) is 6.14. The Labute approximate surface area is 122 Å². The average Bonchev–Trinajstić information content (AvgIpc) is 2.44. The maximum atomic E-state index is 14.0. The molecule has 0 aliphatic rings. The van der Waals surface area contributed by atoms with Gasteiger partial charge in [0.1, 0.15) is 0 Å². The highest BCUT2D eigenvalue weighted by Crippen LogP contribution is 2.23. The summed E-state index contributed by atoms with van der Waals surface area (Å²) >= 11 is 5.99. The molecule has 20 heavy (non-hydrogen) atoms. The first kappa shape index (κ1) is 14.5. The number of rotatable bonds is 4. The minimum atomic E-state index is -0.497. The van der Waals surface area contributed by atoms with Crippen LogP contribution < -0.4 is 4.74 Å². The quantitative estimate of drug-likeness (QED) is 0.789. The van der Waals surface area contributed by atoms with Crippen LogP contribution in [0.5, 0.6) is 5.75 Å². The van der Waals surface area contributed by atoms with E-state index in [1.165, 1.54) is 13.2 Å². The molecule has 2 aromatic carbocycles. The van der Waals surface area contributed by atoms with Crippen molar-refractivity contribution in [2.75, 3.05) is 7.11 Å². The molecule has 0 amide bonds. The van der Waals surface area contributed by atoms with Gasteiger partial charge in [0.2, 0.25) is 0 Å². The second kappa shape index (κ2) is 6.06. The summed E-state index contributed by atoms with van der Waals surface area (Å²) in [5.41, 5.74) is 1.54. The molecule has 0 radical (unpaired) electrons. The Morgan fingerprint density at radius 1 is 1.25 bits per heavy atom. The third-order valence-corrected chi connectivity index (χ3v) is 3.59. The van der Waals surface area contributed by atoms with Gasteiger partial charge in [-0.25, -0.2) is 4.39 Å². The third kappa shape index (κ3) is 2.83. The normalized spacial score (nSPS) is 10.4. The summed E-state index contributed by atoms with van der Waals surface area (Å²) in [6.45, 7) is 1.78. The predicted molar refractivity (Wildman–Crippen MR) is 77.2 cm³/mol. The van der Waals surface area contributed by atoms with Gasteiger partial charge in [0.25, 0.3) is 0 Å². The van der Waals surface area contributed by atoms with Crippen molar-refractivity contribution in [1.82, 2.24) is 0 Å². The fourth-order valence-electron chi connectivity index (χ4n) is 2.03. The van der Waals surface area contributed by atoms with E-state index in [0.717, 1.165) is 0 Å². The molecule has 0 aliphatic carbocycles. The Hall–Kier alpha value is -1.87. The summed E-state index contributed by atoms with van der Waals surface area (Å²) in [6.07, 6.45) is -0.0236. The second-order valence-electron chi connectivity index (χ2n) is 4.45. The molecule has 0 unspecified atom stereocenters. The van der Waals surface area contributed by atoms with Crippen LogP contribution in [0.25, 0.3) is 0 Å². The monoisotopic (exact) mass is 292 g/mol. The Balaban J connectivity index is 2.31. The number of benzene rings is 2. The van der Waals surface area contributed by atoms with E-state index in [1.54, 1.807) is 37.3 Å². The number of ether oxygens (including phenoxy) is 1. The SMILES string of the molecule is COc1cccc(CC(=O)c2cccc(Cl)c2C)c1F. The minimum Gasteiger partial charge on any atom is -0.494 e. The molecule has 2 rings (SSSR count). The lowest BCUT2D eigenvalue weighted by atomic mass is 9.99. The molecule has 2 nitrogen and oxygen atoms in total. The Bertz CT molecular complexity index is 653. The molecule has 0 saturated carbocycles. The van der Waals surface area contributed by atoms with Gasteiger partial charge in [0.15, 0.2) is 17.3 Å². The summed E-state index contributed by atoms with van der Waals surface area (Å²) in [7, 11) is 1.39. The molecular weight excluding hydrogens is 279 g/mol. The maximum absolute atomic E-state index is 14.0. The Kier molecular flexibility index (Phi) is 4.40. The molecule has 0 aliphatic heterocycles. The summed E-state index contributed by atoms with van der Waals surface area (Å²) in [5, 5.41) is 0.530. The number of carbonyl (C=O) groups excluding carboxylic acids is 1. The van der Waals surface area contributed by atoms with E-state index in [2.05, 4.69) is 0 Å². The summed E-state index contributed by atoms with van der Waals surface area (Å²) in [4.78, 5) is 12.3. The summed E-state index contributed by atoms with van der Waals surface area (Å²) in [6, 6.07) is 9.89. The van der Waals surface area contributed by atoms with Crippen molar-refractivity contribution in [3.63, 3.8) is 0 Å². The van der Waals surface area contributed by atoms with Gasteiger partial charge in [0.05, 0.1) is 7.11 Å². The van der Waals surface area contributed by atoms with E-state index in [0.29, 0.717) is 21.7 Å². The van der Waals surface area contributed by atoms with E-state index in [-0.39, 0.29) is 18.0 Å². The van der Waals surface area contributed by atoms with Gasteiger partial charge in [-0.1, -0.05) is 35.9 Å². The van der Waals surface area contributed by atoms with Crippen LogP contribution in [0.15, 0.2) is 36.4 Å². The topological polar surface area (TPSA) is 26.3 Å². The molecule has 0 heterocycles. The molecule has 4 heteroatoms. The van der Waals surface area contributed by atoms with E-state index in [4.69, 9.17) is 16.3 Å². The van der Waals surface area contributed by atoms with Crippen LogP contribution >= 0.6 is 11.6 Å². The van der Waals surface area contributed by atoms with E-state index in [1.807, 2.05) is 0 Å². The number of hydrogen-bond donors (Lipinski definition) is 0. The summed E-state index contributed by atoms with van der Waals surface area (Å²) < 4.78 is 18.9. The van der Waals surface area contributed by atoms with Crippen molar-refractivity contribution in [3.8, 4) is 5.75 Å². The lowest BCUT2D eigenvalue weighted by Gasteiger charge is -2.09. The van der Waals surface area contributed by atoms with Gasteiger partial charge in [-0.05, 0) is 30.2 Å². The number of methoxy groups -OCH3 is 1. The molecule has 104 valence electrons. The third-order valence-electron chi connectivity index (χ3n) is 3.18. The highest BCUT2D eigenvalue weighted by atomic mass is 35.5. The highest BCUT2D eigenvalue weighted by molar-refractivity contribution is 6.31. The van der Waals surface area contributed by atoms with Crippen molar-refractivity contribution in [2.45, 2.75) is 13.3 Å². The number of hydrogen-bond acceptors (Lipinski definition) is 2. The van der Waals surface area contributed by atoms with Gasteiger partial charge in [0, 0.05) is 17.0 Å². The number of carbonyl (C=O) groups is 1. The van der Waals surface area contributed by atoms with Crippen molar-refractivity contribution in [2.24, 2.45) is 0 Å². The van der Waals surface area contributed by atoms with Crippen LogP contribution in [0, 0.1) is 12.7 Å². The van der Waals surface area contributed by atoms with Crippen LogP contribution in [0.3, 0.4) is 0 Å². The fraction of sp³-hybridized carbons (Fsp3) is 0.188. The largest absolute Gasteiger partial charge is 0.494 e. The van der Waals surface area contributed by atoms with Gasteiger partial charge in [-0.15, -0.1) is 0 Å². The first-order valence-corrected chi connectivity index (χ1v) is 6.52. The van der Waals surface area contributed by atoms with Crippen LogP contribution in [0.2, 0.25) is 5.02 Å². The number of Topliss-reactive ketones (excluding diaryl/α,β-unsaturated/α-hetero) is 1. The fourth-order valence-corrected chi connectivity index (χ4v) is 2.20. The van der Waals surface area contributed by atoms with Gasteiger partial charge in [-0.2, -0.15) is 0 Å². The average molecular weight is 293 g/mol. The molecule has 0 saturated heterocycles. The van der Waals surface area contributed by atoms with E-state index in [9.17, 15) is 9.18 Å². The second-order valence-corrected chi connectivity index (χ2v) is 4.85. The van der Waals surface area contributed by atoms with Crippen molar-refractivity contribution < 1.29 is 13.9 Å². The number of ketones is 1. The lowest BCUT2D eigenvalue weighted by Crippen LogP contribution is -2.08. The van der Waals surface area contributed by atoms with Gasteiger partial charge >= 0.3 is 0 Å². The predicted octanol–water partition coefficient (Wildman–Crippen LogP) is 4.22. The molecule has 0 fully saturated rings. The molecule has 0 atom stereocenters. The van der Waals surface area contributed by atoms with E-state index < -0.39 is 5.82 Å². The van der Waals surface area contributed by atoms with Crippen LogP contribution in [-0.2, 0) is 6.42 Å². The molecular formula is C16H14ClFO2. The highest BCUT2D eigenvalue weighted by Gasteiger charge is 2.15. The molecule has 2 aromatic rings. The molecule has 0 spiro atoms. The lowest BCUT2D eigenvalue weighted by molar-refractivity contribution is 0.0991. The van der Waals surface area contributed by atoms with Crippen LogP contribution in [-0.4, -0.2) is 12.9 Å². The molecule has 0 aromatic heterocycles. The zero-order valence-electron chi connectivity index (χ0n) is 11.2. The Morgan fingerprint density at radius 2 is 1.95 bits per heavy atom. The maximum Gasteiger partial charge on any atom is 0.168 e. The van der Waals surface area contributed by atoms with Gasteiger partial charge in [-0.3, -0.25) is 4.79 Å². The van der Waals surface area contributed by atoms with Crippen LogP contribution in [0.4, 0.5) is 4.39 Å². The zero-order valence-corrected chi connectivity index (χ0v) is 12.0. The molecule has 0 N–H and O–H groups in total. The first-order chi connectivity index (χ1) is 9.54. The van der Waals surface area contributed by atoms with Crippen molar-refractivity contribution >= 4 is 17.4 Å². The van der Waals surface area contributed by atoms with Crippen LogP contribution in [0.1, 0.15) is 21.5 Å². The van der Waals surface area contributed by atoms with Crippen molar-refractivity contribution in [3.05, 3.63) is 63.9 Å². The standard InChI is InChI=1S/C16H14ClFO2/c1-10-12(6-4-7-13(10)17)14(19)9-11-5-3-8-15(20-2)16(11)18/h3-8H,9H2,1-2H3. The van der Waals surface area contributed by atoms with E-state index >= 15 is 0 Å². The number of halogens is 2. The van der Waals surface area contributed by atoms with Crippen molar-refractivity contribution in [1.29, 1.82) is 0 Å². The summed E-state index contributed by atoms with van der Waals surface area (Å²) in [5.74, 6) is -0.529. The Morgan fingerprint density at radius 3 is 2.65 bits per heavy atom. The smallest absolute Gasteiger partial charge is 0.168 e.